The summed E-state index contributed by atoms with van der Waals surface area (Å²) in [5.41, 5.74) is 0. The average molecular weight is 201 g/mol. The van der Waals surface area contributed by atoms with Crippen LogP contribution in [0.25, 0.3) is 0 Å². The van der Waals surface area contributed by atoms with E-state index in [4.69, 9.17) is 9.90 Å². The summed E-state index contributed by atoms with van der Waals surface area (Å²) in [5, 5.41) is 10.4. The normalized spacial score (nSPS) is 9.46. The van der Waals surface area contributed by atoms with Crippen LogP contribution >= 0.6 is 0 Å². The van der Waals surface area contributed by atoms with Gasteiger partial charge in [0.2, 0.25) is 15.2 Å². The van der Waals surface area contributed by atoms with Crippen molar-refractivity contribution in [2.75, 3.05) is 0 Å². The Kier molecular flexibility index (Phi) is 12.0. The van der Waals surface area contributed by atoms with Gasteiger partial charge in [0.25, 0.3) is 5.97 Å². The molecule has 77 valence electrons. The van der Waals surface area contributed by atoms with Crippen molar-refractivity contribution in [2.45, 2.75) is 45.2 Å². The maximum Gasteiger partial charge on any atom is 0.300 e. The first kappa shape index (κ1) is 15.5. The van der Waals surface area contributed by atoms with Crippen LogP contribution in [-0.2, 0) is 4.79 Å². The van der Waals surface area contributed by atoms with E-state index in [1.54, 1.807) is 0 Å². The van der Waals surface area contributed by atoms with Crippen LogP contribution < -0.4 is 0 Å². The number of hydrogen-bond acceptors (Lipinski definition) is 1. The topological polar surface area (TPSA) is 37.3 Å². The first-order valence-corrected chi connectivity index (χ1v) is 6.50. The molecule has 0 saturated heterocycles. The molecule has 0 aromatic carbocycles. The summed E-state index contributed by atoms with van der Waals surface area (Å²) < 4.78 is 0. The Morgan fingerprint density at radius 2 is 1.38 bits per heavy atom. The molecule has 0 heterocycles. The first-order chi connectivity index (χ1) is 5.86. The molecule has 1 radical (unpaired) electrons. The largest absolute Gasteiger partial charge is 0.481 e. The number of hydrogen-bond donors (Lipinski definition) is 1. The van der Waals surface area contributed by atoms with E-state index in [9.17, 15) is 0 Å². The summed E-state index contributed by atoms with van der Waals surface area (Å²) in [6.45, 7) is 10.3. The lowest BCUT2D eigenvalue weighted by atomic mass is 10.3. The summed E-state index contributed by atoms with van der Waals surface area (Å²) in [4.78, 5) is 9.00. The van der Waals surface area contributed by atoms with Crippen LogP contribution in [-0.4, -0.2) is 26.3 Å². The van der Waals surface area contributed by atoms with Gasteiger partial charge in [-0.3, -0.25) is 4.79 Å². The van der Waals surface area contributed by atoms with Crippen LogP contribution in [0.15, 0.2) is 0 Å². The zero-order chi connectivity index (χ0) is 10.9. The van der Waals surface area contributed by atoms with Gasteiger partial charge in [-0.2, -0.15) is 0 Å². The molecule has 0 atom stereocenters. The summed E-state index contributed by atoms with van der Waals surface area (Å²) >= 11 is 0.755. The molecule has 0 spiro atoms. The van der Waals surface area contributed by atoms with Gasteiger partial charge in [0.05, 0.1) is 0 Å². The third-order valence-electron chi connectivity index (χ3n) is 1.28. The van der Waals surface area contributed by atoms with E-state index in [2.05, 4.69) is 27.7 Å². The molecular weight excluding hydrogens is 179 g/mol. The van der Waals surface area contributed by atoms with Crippen molar-refractivity contribution in [3.8, 4) is 0 Å². The van der Waals surface area contributed by atoms with E-state index in [0.717, 1.165) is 34.0 Å². The van der Waals surface area contributed by atoms with Gasteiger partial charge < -0.3 is 5.11 Å². The molecule has 3 heteroatoms. The molecule has 0 aliphatic rings. The van der Waals surface area contributed by atoms with Gasteiger partial charge in [0.1, 0.15) is 0 Å². The number of rotatable bonds is 4. The van der Waals surface area contributed by atoms with Crippen LogP contribution in [0.2, 0.25) is 10.6 Å². The van der Waals surface area contributed by atoms with Gasteiger partial charge in [-0.25, -0.2) is 0 Å². The maximum atomic E-state index is 9.00. The van der Waals surface area contributed by atoms with Gasteiger partial charge in [-0.15, -0.1) is 10.6 Å². The van der Waals surface area contributed by atoms with Gasteiger partial charge >= 0.3 is 0 Å². The lowest BCUT2D eigenvalue weighted by molar-refractivity contribution is -0.134. The molecule has 0 aromatic rings. The highest BCUT2D eigenvalue weighted by Crippen LogP contribution is 2.05. The number of aliphatic carboxylic acids is 1. The van der Waals surface area contributed by atoms with E-state index in [0.29, 0.717) is 0 Å². The van der Waals surface area contributed by atoms with Gasteiger partial charge in [-0.05, 0) is 0 Å². The smallest absolute Gasteiger partial charge is 0.300 e. The van der Waals surface area contributed by atoms with Crippen molar-refractivity contribution in [2.24, 2.45) is 11.8 Å². The van der Waals surface area contributed by atoms with Gasteiger partial charge in [-0.1, -0.05) is 39.5 Å². The molecular formula is C10H22AlO2. The summed E-state index contributed by atoms with van der Waals surface area (Å²) in [6.07, 6.45) is 0. The molecule has 13 heavy (non-hydrogen) atoms. The summed E-state index contributed by atoms with van der Waals surface area (Å²) in [7, 11) is 0. The molecule has 0 unspecified atom stereocenters. The average Bonchev–Trinajstić information content (AvgIpc) is 1.83. The minimum atomic E-state index is -0.833. The van der Waals surface area contributed by atoms with E-state index in [1.807, 2.05) is 0 Å². The van der Waals surface area contributed by atoms with E-state index in [-0.39, 0.29) is 0 Å². The molecule has 0 amide bonds. The van der Waals surface area contributed by atoms with Crippen LogP contribution in [0.5, 0.6) is 0 Å². The van der Waals surface area contributed by atoms with Crippen molar-refractivity contribution in [3.05, 3.63) is 0 Å². The molecule has 1 N–H and O–H groups in total. The molecule has 0 aliphatic heterocycles. The third kappa shape index (κ3) is 33.3. The molecule has 0 rings (SSSR count). The van der Waals surface area contributed by atoms with E-state index >= 15 is 0 Å². The Hall–Kier alpha value is 0.00247. The monoisotopic (exact) mass is 201 g/mol. The zero-order valence-corrected chi connectivity index (χ0v) is 10.7. The predicted molar refractivity (Wildman–Crippen MR) is 58.4 cm³/mol. The first-order valence-electron chi connectivity index (χ1n) is 4.87. The van der Waals surface area contributed by atoms with Gasteiger partial charge in [0.15, 0.2) is 0 Å². The Morgan fingerprint density at radius 1 is 1.15 bits per heavy atom. The molecule has 2 nitrogen and oxygen atoms in total. The SMILES string of the molecule is CC(=O)O.CC(C)[CH2][Al][CH2]C(C)C. The van der Waals surface area contributed by atoms with Crippen molar-refractivity contribution in [1.29, 1.82) is 0 Å². The second-order valence-corrected chi connectivity index (χ2v) is 5.59. The highest BCUT2D eigenvalue weighted by Gasteiger charge is 1.98. The second-order valence-electron chi connectivity index (χ2n) is 4.07. The third-order valence-corrected chi connectivity index (χ3v) is 3.83. The number of carbonyl (C=O) groups is 1. The highest BCUT2D eigenvalue weighted by molar-refractivity contribution is 6.35. The Labute approximate surface area is 88.4 Å². The molecule has 0 aliphatic carbocycles. The van der Waals surface area contributed by atoms with Gasteiger partial charge in [0, 0.05) is 6.92 Å². The van der Waals surface area contributed by atoms with E-state index in [1.165, 1.54) is 10.6 Å². The number of carboxylic acid groups (broad SMARTS) is 1. The minimum Gasteiger partial charge on any atom is -0.481 e. The van der Waals surface area contributed by atoms with Crippen LogP contribution in [0.1, 0.15) is 34.6 Å². The zero-order valence-electron chi connectivity index (χ0n) is 9.50. The predicted octanol–water partition coefficient (Wildman–Crippen LogP) is 2.93. The Bertz CT molecular complexity index is 110. The quantitative estimate of drug-likeness (QED) is 0.710. The second kappa shape index (κ2) is 10.1. The summed E-state index contributed by atoms with van der Waals surface area (Å²) in [6, 6.07) is 0. The molecule has 0 bridgehead atoms. The van der Waals surface area contributed by atoms with Crippen molar-refractivity contribution in [1.82, 2.24) is 0 Å². The summed E-state index contributed by atoms with van der Waals surface area (Å²) in [5.74, 6) is 1.03. The highest BCUT2D eigenvalue weighted by atomic mass is 27.1. The van der Waals surface area contributed by atoms with E-state index < -0.39 is 5.97 Å². The molecule has 0 aromatic heterocycles. The Morgan fingerprint density at radius 3 is 1.54 bits per heavy atom. The number of carboxylic acids is 1. The lowest BCUT2D eigenvalue weighted by Crippen LogP contribution is -1.99. The minimum absolute atomic E-state index is 0.755. The fraction of sp³-hybridized carbons (Fsp3) is 0.900. The fourth-order valence-corrected chi connectivity index (χ4v) is 2.29. The maximum absolute atomic E-state index is 9.00. The van der Waals surface area contributed by atoms with Crippen LogP contribution in [0.4, 0.5) is 0 Å². The molecule has 0 saturated carbocycles. The van der Waals surface area contributed by atoms with Crippen molar-refractivity contribution < 1.29 is 9.90 Å². The standard InChI is InChI=1S/2C4H9.C2H4O2.Al/c2*1-4(2)3;1-2(3)4;/h2*4H,1H2,2-3H3;1H3,(H,3,4);. The van der Waals surface area contributed by atoms with Crippen LogP contribution in [0, 0.1) is 11.8 Å². The van der Waals surface area contributed by atoms with Crippen molar-refractivity contribution >= 4 is 21.2 Å². The fourth-order valence-electron chi connectivity index (χ4n) is 0.763. The molecule has 0 fully saturated rings. The van der Waals surface area contributed by atoms with Crippen molar-refractivity contribution in [3.63, 3.8) is 0 Å². The van der Waals surface area contributed by atoms with Crippen LogP contribution in [0.3, 0.4) is 0 Å². The Balaban J connectivity index is 0. The lowest BCUT2D eigenvalue weighted by Gasteiger charge is -2.03.